The third-order valence-electron chi connectivity index (χ3n) is 4.50. The van der Waals surface area contributed by atoms with Gasteiger partial charge in [0.15, 0.2) is 0 Å². The van der Waals surface area contributed by atoms with Gasteiger partial charge in [0.05, 0.1) is 19.3 Å². The molecule has 0 spiro atoms. The normalized spacial score (nSPS) is 18.1. The summed E-state index contributed by atoms with van der Waals surface area (Å²) in [6.45, 7) is 7.28. The van der Waals surface area contributed by atoms with Crippen molar-refractivity contribution in [2.24, 2.45) is 0 Å². The molecule has 0 bridgehead atoms. The molecule has 1 amide bonds. The molecule has 1 fully saturated rings. The van der Waals surface area contributed by atoms with Crippen LogP contribution in [0.15, 0.2) is 42.7 Å². The lowest BCUT2D eigenvalue weighted by molar-refractivity contribution is -0.124. The molecule has 132 valence electrons. The van der Waals surface area contributed by atoms with Crippen molar-refractivity contribution in [3.63, 3.8) is 0 Å². The fraction of sp³-hybridized carbons (Fsp3) is 0.400. The van der Waals surface area contributed by atoms with Gasteiger partial charge in [-0.25, -0.2) is 0 Å². The molecule has 1 aromatic carbocycles. The maximum absolute atomic E-state index is 12.2. The number of aryl methyl sites for hydroxylation is 2. The molecule has 1 aliphatic rings. The average Bonchev–Trinajstić information content (AvgIpc) is 2.61. The summed E-state index contributed by atoms with van der Waals surface area (Å²) in [5.41, 5.74) is 4.72. The number of carbonyl (C=O) groups excluding carboxylic acids is 1. The van der Waals surface area contributed by atoms with E-state index in [9.17, 15) is 4.79 Å². The fourth-order valence-electron chi connectivity index (χ4n) is 3.18. The molecule has 1 aromatic heterocycles. The summed E-state index contributed by atoms with van der Waals surface area (Å²) in [6.07, 6.45) is 3.53. The van der Waals surface area contributed by atoms with Crippen molar-refractivity contribution in [3.05, 3.63) is 65.0 Å². The highest BCUT2D eigenvalue weighted by atomic mass is 16.5. The quantitative estimate of drug-likeness (QED) is 0.909. The van der Waals surface area contributed by atoms with Crippen LogP contribution in [0.25, 0.3) is 0 Å². The number of aromatic nitrogens is 1. The van der Waals surface area contributed by atoms with Crippen molar-refractivity contribution in [2.75, 3.05) is 26.2 Å². The van der Waals surface area contributed by atoms with Gasteiger partial charge >= 0.3 is 0 Å². The Kier molecular flexibility index (Phi) is 5.79. The van der Waals surface area contributed by atoms with Gasteiger partial charge in [0.1, 0.15) is 0 Å². The Bertz CT molecular complexity index is 718. The van der Waals surface area contributed by atoms with Gasteiger partial charge in [-0.05, 0) is 36.6 Å². The molecule has 0 aliphatic carbocycles. The SMILES string of the molecule is Cc1ccc([C@H]2CN(CC(=O)NCc3cccnc3)CCO2)c(C)c1. The number of hydrogen-bond donors (Lipinski definition) is 1. The predicted molar refractivity (Wildman–Crippen MR) is 97.1 cm³/mol. The van der Waals surface area contributed by atoms with Crippen LogP contribution < -0.4 is 5.32 Å². The van der Waals surface area contributed by atoms with Crippen LogP contribution in [-0.4, -0.2) is 42.0 Å². The minimum Gasteiger partial charge on any atom is -0.371 e. The van der Waals surface area contributed by atoms with Gasteiger partial charge in [-0.3, -0.25) is 14.7 Å². The largest absolute Gasteiger partial charge is 0.371 e. The predicted octanol–water partition coefficient (Wildman–Crippen LogP) is 2.39. The molecule has 0 radical (unpaired) electrons. The molecule has 5 nitrogen and oxygen atoms in total. The Morgan fingerprint density at radius 2 is 2.24 bits per heavy atom. The zero-order valence-electron chi connectivity index (χ0n) is 14.9. The van der Waals surface area contributed by atoms with Gasteiger partial charge in [-0.1, -0.05) is 29.8 Å². The Balaban J connectivity index is 1.53. The van der Waals surface area contributed by atoms with Crippen molar-refractivity contribution >= 4 is 5.91 Å². The van der Waals surface area contributed by atoms with E-state index in [4.69, 9.17) is 4.74 Å². The molecule has 2 heterocycles. The summed E-state index contributed by atoms with van der Waals surface area (Å²) in [5, 5.41) is 2.96. The van der Waals surface area contributed by atoms with Crippen molar-refractivity contribution in [1.82, 2.24) is 15.2 Å². The summed E-state index contributed by atoms with van der Waals surface area (Å²) in [7, 11) is 0. The lowest BCUT2D eigenvalue weighted by Crippen LogP contribution is -2.44. The number of amides is 1. The van der Waals surface area contributed by atoms with Gasteiger partial charge < -0.3 is 10.1 Å². The van der Waals surface area contributed by atoms with Gasteiger partial charge in [0.2, 0.25) is 5.91 Å². The number of nitrogens with one attached hydrogen (secondary N) is 1. The van der Waals surface area contributed by atoms with E-state index in [1.807, 2.05) is 12.1 Å². The number of hydrogen-bond acceptors (Lipinski definition) is 4. The number of morpholine rings is 1. The molecule has 25 heavy (non-hydrogen) atoms. The van der Waals surface area contributed by atoms with Crippen LogP contribution in [0.5, 0.6) is 0 Å². The van der Waals surface area contributed by atoms with Gasteiger partial charge in [-0.2, -0.15) is 0 Å². The van der Waals surface area contributed by atoms with E-state index >= 15 is 0 Å². The number of carbonyl (C=O) groups is 1. The fourth-order valence-corrected chi connectivity index (χ4v) is 3.18. The molecule has 2 aromatic rings. The molecule has 5 heteroatoms. The van der Waals surface area contributed by atoms with Crippen LogP contribution in [-0.2, 0) is 16.1 Å². The Morgan fingerprint density at radius 1 is 1.36 bits per heavy atom. The van der Waals surface area contributed by atoms with Gasteiger partial charge in [0.25, 0.3) is 0 Å². The van der Waals surface area contributed by atoms with E-state index in [0.717, 1.165) is 18.7 Å². The number of benzene rings is 1. The van der Waals surface area contributed by atoms with Crippen molar-refractivity contribution in [3.8, 4) is 0 Å². The third-order valence-corrected chi connectivity index (χ3v) is 4.50. The Morgan fingerprint density at radius 3 is 3.00 bits per heavy atom. The van der Waals surface area contributed by atoms with Crippen LogP contribution in [0.3, 0.4) is 0 Å². The van der Waals surface area contributed by atoms with E-state index in [1.165, 1.54) is 16.7 Å². The van der Waals surface area contributed by atoms with Crippen molar-refractivity contribution in [2.45, 2.75) is 26.5 Å². The minimum absolute atomic E-state index is 0.0282. The van der Waals surface area contributed by atoms with Crippen LogP contribution in [0.2, 0.25) is 0 Å². The number of rotatable bonds is 5. The van der Waals surface area contributed by atoms with Gasteiger partial charge in [0, 0.05) is 32.0 Å². The first-order chi connectivity index (χ1) is 12.1. The van der Waals surface area contributed by atoms with E-state index in [-0.39, 0.29) is 12.0 Å². The topological polar surface area (TPSA) is 54.5 Å². The standard InChI is InChI=1S/C20H25N3O2/c1-15-5-6-18(16(2)10-15)19-13-23(8-9-25-19)14-20(24)22-12-17-4-3-7-21-11-17/h3-7,10-11,19H,8-9,12-14H2,1-2H3,(H,22,24)/t19-/m1/s1. The highest BCUT2D eigenvalue weighted by Crippen LogP contribution is 2.25. The summed E-state index contributed by atoms with van der Waals surface area (Å²) in [6, 6.07) is 10.3. The summed E-state index contributed by atoms with van der Waals surface area (Å²) in [4.78, 5) is 18.4. The first-order valence-electron chi connectivity index (χ1n) is 8.68. The molecule has 0 unspecified atom stereocenters. The molecule has 3 rings (SSSR count). The van der Waals surface area contributed by atoms with Crippen molar-refractivity contribution in [1.29, 1.82) is 0 Å². The third kappa shape index (κ3) is 4.87. The zero-order chi connectivity index (χ0) is 17.6. The maximum Gasteiger partial charge on any atom is 0.234 e. The van der Waals surface area contributed by atoms with E-state index in [1.54, 1.807) is 12.4 Å². The first kappa shape index (κ1) is 17.6. The highest BCUT2D eigenvalue weighted by Gasteiger charge is 2.24. The molecule has 1 saturated heterocycles. The monoisotopic (exact) mass is 339 g/mol. The second kappa shape index (κ2) is 8.23. The number of nitrogens with zero attached hydrogens (tertiary/aromatic N) is 2. The Labute approximate surface area is 149 Å². The van der Waals surface area contributed by atoms with Crippen LogP contribution in [0.4, 0.5) is 0 Å². The average molecular weight is 339 g/mol. The summed E-state index contributed by atoms with van der Waals surface area (Å²) in [5.74, 6) is 0.0325. The molecule has 1 aliphatic heterocycles. The summed E-state index contributed by atoms with van der Waals surface area (Å²) >= 11 is 0. The second-order valence-electron chi connectivity index (χ2n) is 6.59. The minimum atomic E-state index is 0.0282. The lowest BCUT2D eigenvalue weighted by atomic mass is 10.00. The zero-order valence-corrected chi connectivity index (χ0v) is 14.9. The van der Waals surface area contributed by atoms with Crippen LogP contribution in [0.1, 0.15) is 28.4 Å². The van der Waals surface area contributed by atoms with Crippen LogP contribution >= 0.6 is 0 Å². The summed E-state index contributed by atoms with van der Waals surface area (Å²) < 4.78 is 5.94. The van der Waals surface area contributed by atoms with Crippen LogP contribution in [0, 0.1) is 13.8 Å². The number of pyridine rings is 1. The number of ether oxygens (including phenoxy) is 1. The maximum atomic E-state index is 12.2. The highest BCUT2D eigenvalue weighted by molar-refractivity contribution is 5.78. The molecular weight excluding hydrogens is 314 g/mol. The van der Waals surface area contributed by atoms with Crippen molar-refractivity contribution < 1.29 is 9.53 Å². The first-order valence-corrected chi connectivity index (χ1v) is 8.68. The second-order valence-corrected chi connectivity index (χ2v) is 6.59. The van der Waals surface area contributed by atoms with E-state index in [0.29, 0.717) is 19.7 Å². The molecule has 0 saturated carbocycles. The van der Waals surface area contributed by atoms with E-state index in [2.05, 4.69) is 47.2 Å². The molecule has 1 atom stereocenters. The Hall–Kier alpha value is -2.24. The van der Waals surface area contributed by atoms with Gasteiger partial charge in [-0.15, -0.1) is 0 Å². The molecular formula is C20H25N3O2. The smallest absolute Gasteiger partial charge is 0.234 e. The van der Waals surface area contributed by atoms with E-state index < -0.39 is 0 Å². The lowest BCUT2D eigenvalue weighted by Gasteiger charge is -2.33. The molecule has 1 N–H and O–H groups in total.